The maximum Gasteiger partial charge on any atom is 0.223 e. The van der Waals surface area contributed by atoms with Gasteiger partial charge in [-0.05, 0) is 34.9 Å². The van der Waals surface area contributed by atoms with Crippen molar-refractivity contribution in [3.05, 3.63) is 75.4 Å². The highest BCUT2D eigenvalue weighted by molar-refractivity contribution is 6.36. The summed E-state index contributed by atoms with van der Waals surface area (Å²) in [5.74, 6) is -0.260. The molecule has 2 aromatic carbocycles. The van der Waals surface area contributed by atoms with Crippen LogP contribution >= 0.6 is 23.2 Å². The van der Waals surface area contributed by atoms with Gasteiger partial charge in [-0.2, -0.15) is 0 Å². The van der Waals surface area contributed by atoms with Crippen molar-refractivity contribution < 1.29 is 9.59 Å². The molecule has 1 heterocycles. The first-order valence-corrected chi connectivity index (χ1v) is 9.90. The zero-order valence-electron chi connectivity index (χ0n) is 15.8. The number of carbonyl (C=O) groups is 2. The quantitative estimate of drug-likeness (QED) is 0.729. The molecular weight excluding hydrogens is 395 g/mol. The predicted octanol–water partition coefficient (Wildman–Crippen LogP) is 5.18. The van der Waals surface area contributed by atoms with Crippen LogP contribution < -0.4 is 5.32 Å². The molecular formula is C22H22Cl2N2O2. The Hall–Kier alpha value is -2.30. The molecule has 0 bridgehead atoms. The maximum atomic E-state index is 12.7. The average molecular weight is 417 g/mol. The predicted molar refractivity (Wildman–Crippen MR) is 113 cm³/mol. The summed E-state index contributed by atoms with van der Waals surface area (Å²) >= 11 is 12.5. The van der Waals surface area contributed by atoms with Gasteiger partial charge in [0, 0.05) is 35.6 Å². The average Bonchev–Trinajstić information content (AvgIpc) is 2.66. The summed E-state index contributed by atoms with van der Waals surface area (Å²) in [6, 6.07) is 12.9. The molecule has 3 rings (SSSR count). The molecule has 0 aliphatic carbocycles. The Morgan fingerprint density at radius 3 is 2.46 bits per heavy atom. The molecule has 1 N–H and O–H groups in total. The molecule has 6 heteroatoms. The number of hydrogen-bond acceptors (Lipinski definition) is 2. The topological polar surface area (TPSA) is 49.4 Å². The third-order valence-corrected chi connectivity index (χ3v) is 5.60. The van der Waals surface area contributed by atoms with Crippen molar-refractivity contribution in [2.75, 3.05) is 6.54 Å². The first-order chi connectivity index (χ1) is 13.4. The van der Waals surface area contributed by atoms with E-state index in [1.54, 1.807) is 29.3 Å². The lowest BCUT2D eigenvalue weighted by Gasteiger charge is -2.32. The van der Waals surface area contributed by atoms with Crippen LogP contribution in [0.5, 0.6) is 0 Å². The molecule has 0 spiro atoms. The van der Waals surface area contributed by atoms with Crippen LogP contribution in [0.3, 0.4) is 0 Å². The molecule has 0 radical (unpaired) electrons. The SMILES string of the molecule is CC(=O)N1C=Cc2ccccc2C1CC(=O)NCC(C)c1c(Cl)cccc1Cl. The van der Waals surface area contributed by atoms with E-state index in [-0.39, 0.29) is 30.2 Å². The van der Waals surface area contributed by atoms with E-state index in [1.807, 2.05) is 37.3 Å². The molecule has 146 valence electrons. The molecule has 28 heavy (non-hydrogen) atoms. The first-order valence-electron chi connectivity index (χ1n) is 9.15. The molecule has 2 unspecified atom stereocenters. The minimum absolute atomic E-state index is 0.0346. The molecule has 2 aromatic rings. The van der Waals surface area contributed by atoms with E-state index in [4.69, 9.17) is 23.2 Å². The van der Waals surface area contributed by atoms with E-state index in [9.17, 15) is 9.59 Å². The lowest BCUT2D eigenvalue weighted by molar-refractivity contribution is -0.129. The molecule has 0 aromatic heterocycles. The molecule has 2 amide bonds. The van der Waals surface area contributed by atoms with Gasteiger partial charge in [-0.1, -0.05) is 60.5 Å². The summed E-state index contributed by atoms with van der Waals surface area (Å²) in [5, 5.41) is 4.13. The van der Waals surface area contributed by atoms with Crippen molar-refractivity contribution in [2.24, 2.45) is 0 Å². The summed E-state index contributed by atoms with van der Waals surface area (Å²) in [4.78, 5) is 26.3. The Kier molecular flexibility index (Phi) is 6.42. The lowest BCUT2D eigenvalue weighted by Crippen LogP contribution is -2.36. The van der Waals surface area contributed by atoms with Gasteiger partial charge in [-0.25, -0.2) is 0 Å². The van der Waals surface area contributed by atoms with Crippen LogP contribution in [0.25, 0.3) is 6.08 Å². The zero-order chi connectivity index (χ0) is 20.3. The second kappa shape index (κ2) is 8.80. The second-order valence-corrected chi connectivity index (χ2v) is 7.75. The number of halogens is 2. The van der Waals surface area contributed by atoms with Gasteiger partial charge in [0.05, 0.1) is 12.5 Å². The number of benzene rings is 2. The van der Waals surface area contributed by atoms with Gasteiger partial charge >= 0.3 is 0 Å². The van der Waals surface area contributed by atoms with Crippen molar-refractivity contribution in [3.63, 3.8) is 0 Å². The second-order valence-electron chi connectivity index (χ2n) is 6.93. The number of fused-ring (bicyclic) bond motifs is 1. The van der Waals surface area contributed by atoms with Gasteiger partial charge in [0.1, 0.15) is 0 Å². The van der Waals surface area contributed by atoms with Crippen molar-refractivity contribution >= 4 is 41.1 Å². The fraction of sp³-hybridized carbons (Fsp3) is 0.273. The lowest BCUT2D eigenvalue weighted by atomic mass is 9.93. The van der Waals surface area contributed by atoms with Gasteiger partial charge in [-0.15, -0.1) is 0 Å². The van der Waals surface area contributed by atoms with Crippen molar-refractivity contribution in [3.8, 4) is 0 Å². The Labute approximate surface area is 175 Å². The standard InChI is InChI=1S/C22H22Cl2N2O2/c1-14(22-18(23)8-5-9-19(22)24)13-25-21(28)12-20-17-7-4-3-6-16(17)10-11-26(20)15(2)27/h3-11,14,20H,12-13H2,1-2H3,(H,25,28). The number of carbonyl (C=O) groups excluding carboxylic acids is 2. The van der Waals surface area contributed by atoms with Crippen LogP contribution in [0.15, 0.2) is 48.7 Å². The third-order valence-electron chi connectivity index (χ3n) is 4.95. The molecule has 0 fully saturated rings. The van der Waals surface area contributed by atoms with E-state index in [0.29, 0.717) is 16.6 Å². The van der Waals surface area contributed by atoms with Crippen molar-refractivity contribution in [1.82, 2.24) is 10.2 Å². The van der Waals surface area contributed by atoms with Crippen LogP contribution in [0, 0.1) is 0 Å². The van der Waals surface area contributed by atoms with Crippen LogP contribution in [-0.2, 0) is 9.59 Å². The highest BCUT2D eigenvalue weighted by Crippen LogP contribution is 2.33. The molecule has 2 atom stereocenters. The summed E-state index contributed by atoms with van der Waals surface area (Å²) in [5.41, 5.74) is 2.81. The van der Waals surface area contributed by atoms with Gasteiger partial charge < -0.3 is 10.2 Å². The van der Waals surface area contributed by atoms with Crippen molar-refractivity contribution in [1.29, 1.82) is 0 Å². The Morgan fingerprint density at radius 2 is 1.79 bits per heavy atom. The highest BCUT2D eigenvalue weighted by Gasteiger charge is 2.28. The molecule has 0 saturated heterocycles. The third kappa shape index (κ3) is 4.40. The normalized spacial score (nSPS) is 16.4. The fourth-order valence-corrected chi connectivity index (χ4v) is 4.28. The maximum absolute atomic E-state index is 12.7. The summed E-state index contributed by atoms with van der Waals surface area (Å²) in [6.07, 6.45) is 3.82. The van der Waals surface area contributed by atoms with E-state index in [0.717, 1.165) is 16.7 Å². The molecule has 4 nitrogen and oxygen atoms in total. The van der Waals surface area contributed by atoms with E-state index in [2.05, 4.69) is 5.32 Å². The Morgan fingerprint density at radius 1 is 1.11 bits per heavy atom. The van der Waals surface area contributed by atoms with E-state index < -0.39 is 0 Å². The number of nitrogens with zero attached hydrogens (tertiary/aromatic N) is 1. The van der Waals surface area contributed by atoms with E-state index in [1.165, 1.54) is 6.92 Å². The zero-order valence-corrected chi connectivity index (χ0v) is 17.3. The highest BCUT2D eigenvalue weighted by atomic mass is 35.5. The van der Waals surface area contributed by atoms with Crippen LogP contribution in [0.4, 0.5) is 0 Å². The minimum Gasteiger partial charge on any atom is -0.355 e. The summed E-state index contributed by atoms with van der Waals surface area (Å²) in [7, 11) is 0. The number of nitrogens with one attached hydrogen (secondary N) is 1. The number of hydrogen-bond donors (Lipinski definition) is 1. The van der Waals surface area contributed by atoms with Gasteiger partial charge in [-0.3, -0.25) is 9.59 Å². The largest absolute Gasteiger partial charge is 0.355 e. The number of amides is 2. The van der Waals surface area contributed by atoms with Crippen LogP contribution in [0.1, 0.15) is 48.9 Å². The molecule has 1 aliphatic heterocycles. The van der Waals surface area contributed by atoms with Gasteiger partial charge in [0.2, 0.25) is 11.8 Å². The van der Waals surface area contributed by atoms with Crippen molar-refractivity contribution in [2.45, 2.75) is 32.2 Å². The van der Waals surface area contributed by atoms with Crippen LogP contribution in [0.2, 0.25) is 10.0 Å². The first kappa shape index (κ1) is 20.4. The van der Waals surface area contributed by atoms with E-state index >= 15 is 0 Å². The monoisotopic (exact) mass is 416 g/mol. The molecule has 0 saturated carbocycles. The molecule has 1 aliphatic rings. The number of rotatable bonds is 5. The Bertz CT molecular complexity index is 906. The fourth-order valence-electron chi connectivity index (χ4n) is 3.51. The Balaban J connectivity index is 1.70. The smallest absolute Gasteiger partial charge is 0.223 e. The minimum atomic E-state index is -0.321. The van der Waals surface area contributed by atoms with Crippen LogP contribution in [-0.4, -0.2) is 23.3 Å². The summed E-state index contributed by atoms with van der Waals surface area (Å²) < 4.78 is 0. The van der Waals surface area contributed by atoms with Gasteiger partial charge in [0.15, 0.2) is 0 Å². The van der Waals surface area contributed by atoms with Gasteiger partial charge in [0.25, 0.3) is 0 Å². The summed E-state index contributed by atoms with van der Waals surface area (Å²) in [6.45, 7) is 3.88.